The van der Waals surface area contributed by atoms with Crippen molar-refractivity contribution in [1.82, 2.24) is 9.88 Å². The zero-order chi connectivity index (χ0) is 13.5. The summed E-state index contributed by atoms with van der Waals surface area (Å²) in [4.78, 5) is 29.5. The van der Waals surface area contributed by atoms with Crippen LogP contribution in [0.1, 0.15) is 19.3 Å². The third kappa shape index (κ3) is 4.83. The molecule has 0 aliphatic carbocycles. The SMILES string of the molecule is O=C(CCC(=O)N1CCCSCC1)Nc1nccs1. The number of carbonyl (C=O) groups is 2. The molecular formula is C12H17N3O2S2. The van der Waals surface area contributed by atoms with Crippen molar-refractivity contribution < 1.29 is 9.59 Å². The molecule has 1 N–H and O–H groups in total. The van der Waals surface area contributed by atoms with Gasteiger partial charge in [0.2, 0.25) is 11.8 Å². The van der Waals surface area contributed by atoms with Crippen LogP contribution < -0.4 is 5.32 Å². The minimum absolute atomic E-state index is 0.0804. The molecule has 1 aliphatic rings. The highest BCUT2D eigenvalue weighted by molar-refractivity contribution is 7.99. The molecule has 1 fully saturated rings. The molecule has 7 heteroatoms. The van der Waals surface area contributed by atoms with Gasteiger partial charge in [-0.05, 0) is 12.2 Å². The van der Waals surface area contributed by atoms with Gasteiger partial charge in [0.15, 0.2) is 5.13 Å². The molecule has 0 bridgehead atoms. The first kappa shape index (κ1) is 14.3. The van der Waals surface area contributed by atoms with Crippen LogP contribution in [-0.4, -0.2) is 46.3 Å². The van der Waals surface area contributed by atoms with Gasteiger partial charge >= 0.3 is 0 Å². The summed E-state index contributed by atoms with van der Waals surface area (Å²) in [5.74, 6) is 2.05. The molecule has 0 unspecified atom stereocenters. The number of amides is 2. The Hall–Kier alpha value is -1.08. The summed E-state index contributed by atoms with van der Waals surface area (Å²) in [7, 11) is 0. The van der Waals surface area contributed by atoms with Crippen molar-refractivity contribution in [2.45, 2.75) is 19.3 Å². The van der Waals surface area contributed by atoms with Gasteiger partial charge in [-0.25, -0.2) is 4.98 Å². The van der Waals surface area contributed by atoms with Crippen molar-refractivity contribution in [3.63, 3.8) is 0 Å². The predicted octanol–water partition coefficient (Wildman–Crippen LogP) is 1.83. The Bertz CT molecular complexity index is 415. The van der Waals surface area contributed by atoms with E-state index in [1.807, 2.05) is 16.7 Å². The smallest absolute Gasteiger partial charge is 0.226 e. The fraction of sp³-hybridized carbons (Fsp3) is 0.583. The Morgan fingerprint density at radius 1 is 1.32 bits per heavy atom. The molecule has 1 aliphatic heterocycles. The lowest BCUT2D eigenvalue weighted by Gasteiger charge is -2.19. The van der Waals surface area contributed by atoms with E-state index in [0.717, 1.165) is 31.0 Å². The summed E-state index contributed by atoms with van der Waals surface area (Å²) in [5.41, 5.74) is 0. The van der Waals surface area contributed by atoms with Gasteiger partial charge in [-0.1, -0.05) is 0 Å². The van der Waals surface area contributed by atoms with Gasteiger partial charge in [0, 0.05) is 43.3 Å². The first-order valence-electron chi connectivity index (χ1n) is 6.30. The van der Waals surface area contributed by atoms with Gasteiger partial charge in [-0.15, -0.1) is 11.3 Å². The molecule has 5 nitrogen and oxygen atoms in total. The number of nitrogens with zero attached hydrogens (tertiary/aromatic N) is 2. The molecule has 0 radical (unpaired) electrons. The minimum atomic E-state index is -0.146. The largest absolute Gasteiger partial charge is 0.342 e. The van der Waals surface area contributed by atoms with E-state index >= 15 is 0 Å². The zero-order valence-corrected chi connectivity index (χ0v) is 12.3. The van der Waals surface area contributed by atoms with Gasteiger partial charge in [0.25, 0.3) is 0 Å². The Balaban J connectivity index is 1.71. The third-order valence-electron chi connectivity index (χ3n) is 2.82. The Kier molecular flexibility index (Phi) is 5.65. The van der Waals surface area contributed by atoms with E-state index in [2.05, 4.69) is 10.3 Å². The number of aromatic nitrogens is 1. The van der Waals surface area contributed by atoms with Gasteiger partial charge in [-0.2, -0.15) is 11.8 Å². The van der Waals surface area contributed by atoms with Gasteiger partial charge in [0.1, 0.15) is 0 Å². The van der Waals surface area contributed by atoms with E-state index in [9.17, 15) is 9.59 Å². The molecule has 0 atom stereocenters. The molecule has 2 heterocycles. The predicted molar refractivity (Wildman–Crippen MR) is 78.5 cm³/mol. The second kappa shape index (κ2) is 7.49. The van der Waals surface area contributed by atoms with E-state index in [1.54, 1.807) is 11.6 Å². The van der Waals surface area contributed by atoms with Crippen LogP contribution in [0, 0.1) is 0 Å². The minimum Gasteiger partial charge on any atom is -0.342 e. The normalized spacial score (nSPS) is 15.9. The molecular weight excluding hydrogens is 282 g/mol. The quantitative estimate of drug-likeness (QED) is 0.921. The van der Waals surface area contributed by atoms with Crippen LogP contribution in [0.15, 0.2) is 11.6 Å². The second-order valence-electron chi connectivity index (χ2n) is 4.23. The fourth-order valence-electron chi connectivity index (χ4n) is 1.84. The molecule has 1 aromatic rings. The highest BCUT2D eigenvalue weighted by atomic mass is 32.2. The van der Waals surface area contributed by atoms with Gasteiger partial charge < -0.3 is 10.2 Å². The van der Waals surface area contributed by atoms with E-state index in [0.29, 0.717) is 5.13 Å². The van der Waals surface area contributed by atoms with Crippen LogP contribution in [0.5, 0.6) is 0 Å². The number of hydrogen-bond donors (Lipinski definition) is 1. The lowest BCUT2D eigenvalue weighted by molar-refractivity contribution is -0.132. The number of thioether (sulfide) groups is 1. The Morgan fingerprint density at radius 3 is 3.00 bits per heavy atom. The second-order valence-corrected chi connectivity index (χ2v) is 6.35. The summed E-state index contributed by atoms with van der Waals surface area (Å²) in [6, 6.07) is 0. The summed E-state index contributed by atoms with van der Waals surface area (Å²) in [6.45, 7) is 1.62. The maximum absolute atomic E-state index is 12.0. The molecule has 2 amide bonds. The third-order valence-corrected chi connectivity index (χ3v) is 4.56. The van der Waals surface area contributed by atoms with E-state index < -0.39 is 0 Å². The van der Waals surface area contributed by atoms with Crippen LogP contribution in [0.25, 0.3) is 0 Å². The summed E-state index contributed by atoms with van der Waals surface area (Å²) in [5, 5.41) is 5.07. The van der Waals surface area contributed by atoms with E-state index in [1.165, 1.54) is 11.3 Å². The molecule has 0 spiro atoms. The van der Waals surface area contributed by atoms with Gasteiger partial charge in [-0.3, -0.25) is 9.59 Å². The van der Waals surface area contributed by atoms with E-state index in [4.69, 9.17) is 0 Å². The van der Waals surface area contributed by atoms with Crippen LogP contribution in [-0.2, 0) is 9.59 Å². The van der Waals surface area contributed by atoms with Gasteiger partial charge in [0.05, 0.1) is 0 Å². The molecule has 0 aromatic carbocycles. The maximum Gasteiger partial charge on any atom is 0.226 e. The number of carbonyl (C=O) groups excluding carboxylic acids is 2. The number of hydrogen-bond acceptors (Lipinski definition) is 5. The topological polar surface area (TPSA) is 62.3 Å². The highest BCUT2D eigenvalue weighted by Gasteiger charge is 2.16. The fourth-order valence-corrected chi connectivity index (χ4v) is 3.27. The molecule has 1 aromatic heterocycles. The Labute approximate surface area is 120 Å². The number of anilines is 1. The lowest BCUT2D eigenvalue weighted by atomic mass is 10.2. The number of rotatable bonds is 4. The molecule has 1 saturated heterocycles. The van der Waals surface area contributed by atoms with Crippen molar-refractivity contribution in [3.8, 4) is 0 Å². The summed E-state index contributed by atoms with van der Waals surface area (Å²) >= 11 is 3.26. The number of thiazole rings is 1. The average molecular weight is 299 g/mol. The summed E-state index contributed by atoms with van der Waals surface area (Å²) < 4.78 is 0. The zero-order valence-electron chi connectivity index (χ0n) is 10.6. The van der Waals surface area contributed by atoms with Crippen molar-refractivity contribution in [3.05, 3.63) is 11.6 Å². The van der Waals surface area contributed by atoms with Crippen molar-refractivity contribution in [1.29, 1.82) is 0 Å². The standard InChI is InChI=1S/C12H17N3O2S2/c16-10(14-12-13-4-8-19-12)2-3-11(17)15-5-1-7-18-9-6-15/h4,8H,1-3,5-7,9H2,(H,13,14,16). The molecule has 0 saturated carbocycles. The first-order valence-corrected chi connectivity index (χ1v) is 8.34. The first-order chi connectivity index (χ1) is 9.25. The molecule has 2 rings (SSSR count). The van der Waals surface area contributed by atoms with Crippen molar-refractivity contribution in [2.24, 2.45) is 0 Å². The van der Waals surface area contributed by atoms with Crippen LogP contribution in [0.3, 0.4) is 0 Å². The monoisotopic (exact) mass is 299 g/mol. The maximum atomic E-state index is 12.0. The highest BCUT2D eigenvalue weighted by Crippen LogP contribution is 2.13. The number of nitrogens with one attached hydrogen (secondary N) is 1. The molecule has 19 heavy (non-hydrogen) atoms. The van der Waals surface area contributed by atoms with Crippen molar-refractivity contribution in [2.75, 3.05) is 29.9 Å². The van der Waals surface area contributed by atoms with Crippen LogP contribution >= 0.6 is 23.1 Å². The van der Waals surface area contributed by atoms with Crippen LogP contribution in [0.2, 0.25) is 0 Å². The van der Waals surface area contributed by atoms with Crippen molar-refractivity contribution >= 4 is 40.0 Å². The Morgan fingerprint density at radius 2 is 2.21 bits per heavy atom. The molecule has 104 valence electrons. The summed E-state index contributed by atoms with van der Waals surface area (Å²) in [6.07, 6.45) is 3.19. The van der Waals surface area contributed by atoms with Crippen LogP contribution in [0.4, 0.5) is 5.13 Å². The van der Waals surface area contributed by atoms with E-state index in [-0.39, 0.29) is 24.7 Å². The lowest BCUT2D eigenvalue weighted by Crippen LogP contribution is -2.33. The average Bonchev–Trinajstić information content (AvgIpc) is 2.76.